The van der Waals surface area contributed by atoms with Gasteiger partial charge in [-0.2, -0.15) is 0 Å². The van der Waals surface area contributed by atoms with E-state index in [9.17, 15) is 0 Å². The normalized spacial score (nSPS) is 14.9. The number of hydrogen-bond donors (Lipinski definition) is 1. The maximum Gasteiger partial charge on any atom is 0.212 e. The molecule has 23 heavy (non-hydrogen) atoms. The van der Waals surface area contributed by atoms with Gasteiger partial charge in [-0.15, -0.1) is 0 Å². The third-order valence-corrected chi connectivity index (χ3v) is 4.05. The first-order valence-corrected chi connectivity index (χ1v) is 7.77. The minimum Gasteiger partial charge on any atom is -0.493 e. The summed E-state index contributed by atoms with van der Waals surface area (Å²) >= 11 is 0. The highest BCUT2D eigenvalue weighted by molar-refractivity contribution is 5.54. The SMILES string of the molecule is CNc1ccc(OC(c2ccc(OC)nc2)C2CC2)c(OC)c1. The van der Waals surface area contributed by atoms with Crippen LogP contribution in [0.2, 0.25) is 0 Å². The molecule has 0 aliphatic heterocycles. The molecule has 0 saturated heterocycles. The number of benzene rings is 1. The molecular weight excluding hydrogens is 292 g/mol. The van der Waals surface area contributed by atoms with E-state index in [0.29, 0.717) is 11.8 Å². The average molecular weight is 314 g/mol. The molecule has 1 aromatic heterocycles. The summed E-state index contributed by atoms with van der Waals surface area (Å²) in [6.45, 7) is 0. The lowest BCUT2D eigenvalue weighted by Gasteiger charge is -2.21. The Bertz CT molecular complexity index is 654. The predicted octanol–water partition coefficient (Wildman–Crippen LogP) is 3.67. The summed E-state index contributed by atoms with van der Waals surface area (Å²) in [6, 6.07) is 9.75. The fraction of sp³-hybridized carbons (Fsp3) is 0.389. The second-order valence-electron chi connectivity index (χ2n) is 5.63. The first-order chi connectivity index (χ1) is 11.2. The summed E-state index contributed by atoms with van der Waals surface area (Å²) < 4.78 is 16.9. The van der Waals surface area contributed by atoms with Crippen LogP contribution in [0.3, 0.4) is 0 Å². The van der Waals surface area contributed by atoms with Crippen LogP contribution in [0.5, 0.6) is 17.4 Å². The Kier molecular flexibility index (Phi) is 4.55. The van der Waals surface area contributed by atoms with Gasteiger partial charge >= 0.3 is 0 Å². The molecule has 5 nitrogen and oxygen atoms in total. The first kappa shape index (κ1) is 15.5. The zero-order valence-corrected chi connectivity index (χ0v) is 13.7. The van der Waals surface area contributed by atoms with Crippen LogP contribution >= 0.6 is 0 Å². The van der Waals surface area contributed by atoms with Gasteiger partial charge < -0.3 is 19.5 Å². The molecule has 1 aliphatic rings. The Hall–Kier alpha value is -2.43. The molecule has 0 spiro atoms. The molecular formula is C18H22N2O3. The van der Waals surface area contributed by atoms with E-state index in [4.69, 9.17) is 14.2 Å². The van der Waals surface area contributed by atoms with E-state index >= 15 is 0 Å². The summed E-state index contributed by atoms with van der Waals surface area (Å²) in [7, 11) is 5.15. The molecule has 0 amide bonds. The smallest absolute Gasteiger partial charge is 0.212 e. The van der Waals surface area contributed by atoms with Gasteiger partial charge in [-0.25, -0.2) is 4.98 Å². The number of nitrogens with one attached hydrogen (secondary N) is 1. The van der Waals surface area contributed by atoms with Crippen molar-refractivity contribution in [2.45, 2.75) is 18.9 Å². The highest BCUT2D eigenvalue weighted by Gasteiger charge is 2.35. The monoisotopic (exact) mass is 314 g/mol. The van der Waals surface area contributed by atoms with Gasteiger partial charge in [0.2, 0.25) is 5.88 Å². The van der Waals surface area contributed by atoms with Crippen LogP contribution in [-0.2, 0) is 0 Å². The number of aromatic nitrogens is 1. The number of rotatable bonds is 7. The maximum absolute atomic E-state index is 6.29. The molecule has 0 radical (unpaired) electrons. The van der Waals surface area contributed by atoms with Crippen LogP contribution in [-0.4, -0.2) is 26.3 Å². The number of pyridine rings is 1. The van der Waals surface area contributed by atoms with Crippen LogP contribution in [0.1, 0.15) is 24.5 Å². The van der Waals surface area contributed by atoms with Crippen molar-refractivity contribution in [1.82, 2.24) is 4.98 Å². The molecule has 0 bridgehead atoms. The molecule has 1 fully saturated rings. The predicted molar refractivity (Wildman–Crippen MR) is 89.4 cm³/mol. The third-order valence-electron chi connectivity index (χ3n) is 4.05. The fourth-order valence-corrected chi connectivity index (χ4v) is 2.57. The Labute approximate surface area is 136 Å². The van der Waals surface area contributed by atoms with Crippen LogP contribution in [0.4, 0.5) is 5.69 Å². The summed E-state index contributed by atoms with van der Waals surface area (Å²) in [4.78, 5) is 4.30. The Morgan fingerprint density at radius 2 is 1.91 bits per heavy atom. The maximum atomic E-state index is 6.29. The van der Waals surface area contributed by atoms with Crippen molar-refractivity contribution < 1.29 is 14.2 Å². The summed E-state index contributed by atoms with van der Waals surface area (Å²) in [5, 5.41) is 3.10. The van der Waals surface area contributed by atoms with Crippen molar-refractivity contribution in [2.24, 2.45) is 5.92 Å². The lowest BCUT2D eigenvalue weighted by Crippen LogP contribution is -2.11. The van der Waals surface area contributed by atoms with Gasteiger partial charge in [0, 0.05) is 42.5 Å². The fourth-order valence-electron chi connectivity index (χ4n) is 2.57. The minimum absolute atomic E-state index is 0.0114. The van der Waals surface area contributed by atoms with Gasteiger partial charge in [-0.1, -0.05) is 0 Å². The van der Waals surface area contributed by atoms with E-state index in [1.807, 2.05) is 43.6 Å². The molecule has 3 rings (SSSR count). The van der Waals surface area contributed by atoms with Crippen LogP contribution in [0.15, 0.2) is 36.5 Å². The molecule has 1 N–H and O–H groups in total. The van der Waals surface area contributed by atoms with E-state index in [2.05, 4.69) is 10.3 Å². The molecule has 1 aromatic carbocycles. The van der Waals surface area contributed by atoms with E-state index < -0.39 is 0 Å². The molecule has 2 aromatic rings. The van der Waals surface area contributed by atoms with E-state index in [0.717, 1.165) is 22.7 Å². The van der Waals surface area contributed by atoms with E-state index in [1.165, 1.54) is 12.8 Å². The number of hydrogen-bond acceptors (Lipinski definition) is 5. The minimum atomic E-state index is -0.0114. The topological polar surface area (TPSA) is 52.6 Å². The van der Waals surface area contributed by atoms with E-state index in [-0.39, 0.29) is 6.10 Å². The summed E-state index contributed by atoms with van der Waals surface area (Å²) in [6.07, 6.45) is 4.17. The van der Waals surface area contributed by atoms with Gasteiger partial charge in [0.05, 0.1) is 14.2 Å². The molecule has 1 aliphatic carbocycles. The highest BCUT2D eigenvalue weighted by Crippen LogP contribution is 2.45. The van der Waals surface area contributed by atoms with Gasteiger partial charge in [-0.3, -0.25) is 0 Å². The lowest BCUT2D eigenvalue weighted by molar-refractivity contribution is 0.173. The quantitative estimate of drug-likeness (QED) is 0.845. The number of methoxy groups -OCH3 is 2. The van der Waals surface area contributed by atoms with Crippen LogP contribution in [0, 0.1) is 5.92 Å². The van der Waals surface area contributed by atoms with E-state index in [1.54, 1.807) is 14.2 Å². The standard InChI is InChI=1S/C18H22N2O3/c1-19-14-7-8-15(16(10-14)21-2)23-18(12-4-5-12)13-6-9-17(22-3)20-11-13/h6-12,18-19H,4-5H2,1-3H3. The van der Waals surface area contributed by atoms with Crippen molar-refractivity contribution >= 4 is 5.69 Å². The molecule has 1 saturated carbocycles. The average Bonchev–Trinajstić information content (AvgIpc) is 3.44. The van der Waals surface area contributed by atoms with Crippen molar-refractivity contribution in [3.05, 3.63) is 42.1 Å². The van der Waals surface area contributed by atoms with Crippen LogP contribution < -0.4 is 19.5 Å². The third kappa shape index (κ3) is 3.50. The zero-order chi connectivity index (χ0) is 16.2. The summed E-state index contributed by atoms with van der Waals surface area (Å²) in [5.41, 5.74) is 2.05. The van der Waals surface area contributed by atoms with Crippen molar-refractivity contribution in [2.75, 3.05) is 26.6 Å². The molecule has 122 valence electrons. The van der Waals surface area contributed by atoms with Crippen molar-refractivity contribution in [3.8, 4) is 17.4 Å². The highest BCUT2D eigenvalue weighted by atomic mass is 16.5. The van der Waals surface area contributed by atoms with Crippen LogP contribution in [0.25, 0.3) is 0 Å². The Morgan fingerprint density at radius 3 is 2.48 bits per heavy atom. The van der Waals surface area contributed by atoms with Crippen molar-refractivity contribution in [1.29, 1.82) is 0 Å². The largest absolute Gasteiger partial charge is 0.493 e. The van der Waals surface area contributed by atoms with Gasteiger partial charge in [-0.05, 0) is 31.0 Å². The molecule has 1 atom stereocenters. The molecule has 5 heteroatoms. The second-order valence-corrected chi connectivity index (χ2v) is 5.63. The first-order valence-electron chi connectivity index (χ1n) is 7.77. The van der Waals surface area contributed by atoms with Gasteiger partial charge in [0.15, 0.2) is 11.5 Å². The zero-order valence-electron chi connectivity index (χ0n) is 13.7. The second kappa shape index (κ2) is 6.77. The molecule has 1 heterocycles. The number of ether oxygens (including phenoxy) is 3. The van der Waals surface area contributed by atoms with Gasteiger partial charge in [0.25, 0.3) is 0 Å². The molecule has 1 unspecified atom stereocenters. The number of nitrogens with zero attached hydrogens (tertiary/aromatic N) is 1. The summed E-state index contributed by atoms with van der Waals surface area (Å²) in [5.74, 6) is 2.61. The number of anilines is 1. The Morgan fingerprint density at radius 1 is 1.09 bits per heavy atom. The van der Waals surface area contributed by atoms with Gasteiger partial charge in [0.1, 0.15) is 6.10 Å². The lowest BCUT2D eigenvalue weighted by atomic mass is 10.1. The van der Waals surface area contributed by atoms with Crippen molar-refractivity contribution in [3.63, 3.8) is 0 Å². The Balaban J connectivity index is 1.85.